The van der Waals surface area contributed by atoms with Crippen LogP contribution < -0.4 is 0 Å². The van der Waals surface area contributed by atoms with Crippen molar-refractivity contribution >= 4 is 81.8 Å². The van der Waals surface area contributed by atoms with Crippen LogP contribution in [-0.2, 0) is 0 Å². The molecule has 1 atom stereocenters. The molecule has 1 unspecified atom stereocenters. The molecule has 0 N–H and O–H groups in total. The van der Waals surface area contributed by atoms with Gasteiger partial charge in [0.15, 0.2) is 21.8 Å². The number of rotatable bonds is 3. The molecular weight excluding hydrogens is 327 g/mol. The molecule has 15 heavy (non-hydrogen) atoms. The lowest BCUT2D eigenvalue weighted by atomic mass is 10.4. The van der Waals surface area contributed by atoms with E-state index in [0.29, 0.717) is 0 Å². The Balaban J connectivity index is 2.89. The second-order valence-corrected chi connectivity index (χ2v) is 5.82. The first kappa shape index (κ1) is 13.9. The Morgan fingerprint density at radius 3 is 2.13 bits per heavy atom. The van der Waals surface area contributed by atoms with Gasteiger partial charge in [-0.15, -0.1) is 23.2 Å². The topological polar surface area (TPSA) is 28.0 Å². The van der Waals surface area contributed by atoms with Crippen molar-refractivity contribution in [3.8, 4) is 0 Å². The van der Waals surface area contributed by atoms with Gasteiger partial charge in [0, 0.05) is 0 Å². The fourth-order valence-electron chi connectivity index (χ4n) is 0.895. The van der Waals surface area contributed by atoms with Gasteiger partial charge in [-0.1, -0.05) is 46.4 Å². The summed E-state index contributed by atoms with van der Waals surface area (Å²) in [4.78, 5) is 6.76. The molecule has 0 saturated heterocycles. The van der Waals surface area contributed by atoms with Crippen molar-refractivity contribution in [2.24, 2.45) is 9.98 Å². The van der Waals surface area contributed by atoms with E-state index in [9.17, 15) is 0 Å². The number of alkyl halides is 6. The zero-order valence-corrected chi connectivity index (χ0v) is 11.5. The molecule has 0 aromatic rings. The van der Waals surface area contributed by atoms with Crippen molar-refractivity contribution in [1.82, 2.24) is 4.90 Å². The summed E-state index contributed by atoms with van der Waals surface area (Å²) < 4.78 is 0. The van der Waals surface area contributed by atoms with E-state index in [2.05, 4.69) is 9.98 Å². The van der Waals surface area contributed by atoms with E-state index in [1.165, 1.54) is 11.2 Å². The van der Waals surface area contributed by atoms with E-state index < -0.39 is 20.8 Å². The van der Waals surface area contributed by atoms with Crippen LogP contribution in [0.25, 0.3) is 0 Å². The van der Waals surface area contributed by atoms with Crippen LogP contribution in [0.1, 0.15) is 0 Å². The molecule has 0 aliphatic carbocycles. The van der Waals surface area contributed by atoms with Crippen LogP contribution in [0, 0.1) is 0 Å². The maximum absolute atomic E-state index is 5.72. The SMILES string of the molecule is ClC(Cl)C1=NC(C(Cl)Cl)N(C(Cl)Cl)C=N1. The molecule has 86 valence electrons. The van der Waals surface area contributed by atoms with Crippen molar-refractivity contribution in [3.05, 3.63) is 0 Å². The fraction of sp³-hybridized carbons (Fsp3) is 0.667. The number of hydrogen-bond donors (Lipinski definition) is 0. The summed E-state index contributed by atoms with van der Waals surface area (Å²) in [6.45, 7) is 0. The van der Waals surface area contributed by atoms with Gasteiger partial charge in [-0.25, -0.2) is 9.98 Å². The van der Waals surface area contributed by atoms with Crippen LogP contribution in [0.5, 0.6) is 0 Å². The van der Waals surface area contributed by atoms with Gasteiger partial charge >= 0.3 is 0 Å². The van der Waals surface area contributed by atoms with Gasteiger partial charge in [0.25, 0.3) is 0 Å². The van der Waals surface area contributed by atoms with Crippen LogP contribution in [0.15, 0.2) is 9.98 Å². The van der Waals surface area contributed by atoms with Crippen LogP contribution >= 0.6 is 69.6 Å². The van der Waals surface area contributed by atoms with Crippen LogP contribution in [0.2, 0.25) is 0 Å². The second kappa shape index (κ2) is 5.99. The van der Waals surface area contributed by atoms with E-state index in [1.54, 1.807) is 0 Å². The average molecular weight is 332 g/mol. The van der Waals surface area contributed by atoms with Gasteiger partial charge in [-0.3, -0.25) is 0 Å². The Morgan fingerprint density at radius 2 is 1.73 bits per heavy atom. The molecule has 1 rings (SSSR count). The van der Waals surface area contributed by atoms with Crippen molar-refractivity contribution in [2.45, 2.75) is 20.8 Å². The molecule has 9 heteroatoms. The Labute approximate surface area is 117 Å². The molecule has 0 aromatic heterocycles. The minimum absolute atomic E-state index is 0.222. The van der Waals surface area contributed by atoms with E-state index in [1.807, 2.05) is 0 Å². The zero-order chi connectivity index (χ0) is 11.6. The molecule has 0 radical (unpaired) electrons. The molecule has 0 amide bonds. The summed E-state index contributed by atoms with van der Waals surface area (Å²) >= 11 is 34.0. The summed E-state index contributed by atoms with van der Waals surface area (Å²) in [6.07, 6.45) is 0.702. The molecule has 1 heterocycles. The van der Waals surface area contributed by atoms with Crippen molar-refractivity contribution in [1.29, 1.82) is 0 Å². The summed E-state index contributed by atoms with van der Waals surface area (Å²) in [5.74, 6) is 0.222. The third-order valence-electron chi connectivity index (χ3n) is 1.54. The Kier molecular flexibility index (Phi) is 5.57. The van der Waals surface area contributed by atoms with Crippen LogP contribution in [-0.4, -0.2) is 37.9 Å². The van der Waals surface area contributed by atoms with Gasteiger partial charge < -0.3 is 4.90 Å². The first-order valence-electron chi connectivity index (χ1n) is 3.67. The first-order valence-corrected chi connectivity index (χ1v) is 6.29. The van der Waals surface area contributed by atoms with Gasteiger partial charge in [-0.05, 0) is 0 Å². The summed E-state index contributed by atoms with van der Waals surface area (Å²) in [7, 11) is 0. The highest BCUT2D eigenvalue weighted by atomic mass is 35.5. The third-order valence-corrected chi connectivity index (χ3v) is 2.83. The maximum Gasteiger partial charge on any atom is 0.182 e. The monoisotopic (exact) mass is 329 g/mol. The highest BCUT2D eigenvalue weighted by Crippen LogP contribution is 2.24. The van der Waals surface area contributed by atoms with E-state index in [4.69, 9.17) is 69.6 Å². The predicted octanol–water partition coefficient (Wildman–Crippen LogP) is 3.42. The fourth-order valence-corrected chi connectivity index (χ4v) is 1.82. The van der Waals surface area contributed by atoms with E-state index >= 15 is 0 Å². The number of halogens is 6. The minimum atomic E-state index is -0.854. The largest absolute Gasteiger partial charge is 0.308 e. The Bertz CT molecular complexity index is 276. The average Bonchev–Trinajstić information content (AvgIpc) is 2.16. The number of hydrogen-bond acceptors (Lipinski definition) is 3. The Morgan fingerprint density at radius 1 is 1.13 bits per heavy atom. The zero-order valence-electron chi connectivity index (χ0n) is 7.00. The first-order chi connectivity index (χ1) is 6.93. The lowest BCUT2D eigenvalue weighted by molar-refractivity contribution is 0.362. The summed E-state index contributed by atoms with van der Waals surface area (Å²) in [6, 6.07) is 0. The standard InChI is InChI=1S/C6H5Cl6N3/c7-2(8)4-13-1-15(6(11)12)5(14-4)3(9)10/h1-3,5-6H. The minimum Gasteiger partial charge on any atom is -0.308 e. The molecule has 0 spiro atoms. The van der Waals surface area contributed by atoms with E-state index in [0.717, 1.165) is 0 Å². The van der Waals surface area contributed by atoms with Crippen molar-refractivity contribution < 1.29 is 0 Å². The number of aliphatic imine (C=N–C) groups is 2. The molecular formula is C6H5Cl6N3. The number of nitrogens with zero attached hydrogens (tertiary/aromatic N) is 3. The predicted molar refractivity (Wildman–Crippen MR) is 68.0 cm³/mol. The lowest BCUT2D eigenvalue weighted by Crippen LogP contribution is -2.43. The van der Waals surface area contributed by atoms with Gasteiger partial charge in [0.2, 0.25) is 0 Å². The molecule has 0 bridgehead atoms. The van der Waals surface area contributed by atoms with Gasteiger partial charge in [-0.2, -0.15) is 0 Å². The second-order valence-electron chi connectivity index (χ2n) is 2.51. The molecule has 0 fully saturated rings. The highest BCUT2D eigenvalue weighted by molar-refractivity contribution is 6.54. The lowest BCUT2D eigenvalue weighted by Gasteiger charge is -2.31. The Hall–Kier alpha value is 0.880. The van der Waals surface area contributed by atoms with Crippen molar-refractivity contribution in [3.63, 3.8) is 0 Å². The molecule has 0 saturated carbocycles. The van der Waals surface area contributed by atoms with Gasteiger partial charge in [0.05, 0.1) is 6.34 Å². The molecule has 0 aromatic carbocycles. The maximum atomic E-state index is 5.72. The summed E-state index contributed by atoms with van der Waals surface area (Å²) in [5.41, 5.74) is 0. The molecule has 3 nitrogen and oxygen atoms in total. The highest BCUT2D eigenvalue weighted by Gasteiger charge is 2.30. The van der Waals surface area contributed by atoms with Crippen LogP contribution in [0.3, 0.4) is 0 Å². The molecule has 1 aliphatic heterocycles. The molecule has 1 aliphatic rings. The third kappa shape index (κ3) is 3.69. The van der Waals surface area contributed by atoms with Crippen LogP contribution in [0.4, 0.5) is 0 Å². The quantitative estimate of drug-likeness (QED) is 0.575. The normalized spacial score (nSPS) is 21.8. The number of amidine groups is 1. The smallest absolute Gasteiger partial charge is 0.182 e. The summed E-state index contributed by atoms with van der Waals surface area (Å²) in [5, 5.41) is 0. The van der Waals surface area contributed by atoms with E-state index in [-0.39, 0.29) is 5.84 Å². The van der Waals surface area contributed by atoms with Gasteiger partial charge in [0.1, 0.15) is 4.84 Å². The van der Waals surface area contributed by atoms with Crippen molar-refractivity contribution in [2.75, 3.05) is 0 Å².